The van der Waals surface area contributed by atoms with Crippen LogP contribution in [-0.4, -0.2) is 13.2 Å². The van der Waals surface area contributed by atoms with E-state index in [-0.39, 0.29) is 17.9 Å². The van der Waals surface area contributed by atoms with Gasteiger partial charge in [-0.2, -0.15) is 0 Å². The number of ether oxygens (including phenoxy) is 2. The number of rotatable bonds is 6. The van der Waals surface area contributed by atoms with Gasteiger partial charge in [0, 0.05) is 9.13 Å². The molecule has 0 heterocycles. The summed E-state index contributed by atoms with van der Waals surface area (Å²) < 4.78 is 37.7. The predicted octanol–water partition coefficient (Wildman–Crippen LogP) is 5.55. The number of aryl methyl sites for hydroxylation is 1. The Morgan fingerprint density at radius 2 is 2.04 bits per heavy atom. The number of amides is 1. The molecule has 0 unspecified atom stereocenters. The number of nitrogens with one attached hydrogen (secondary N) is 1. The molecule has 0 saturated heterocycles. The molecule has 0 fully saturated rings. The molecular weight excluding hydrogens is 443 g/mol. The molecule has 0 bridgehead atoms. The van der Waals surface area contributed by atoms with Crippen LogP contribution in [0.3, 0.4) is 0 Å². The molecular formula is C18H18F2INO3. The Hall–Kier alpha value is -1.90. The van der Waals surface area contributed by atoms with Crippen molar-refractivity contribution >= 4 is 34.4 Å². The Morgan fingerprint density at radius 3 is 2.68 bits per heavy atom. The molecule has 0 atom stereocenters. The van der Waals surface area contributed by atoms with Gasteiger partial charge in [0.15, 0.2) is 0 Å². The first-order valence-corrected chi connectivity index (χ1v) is 8.70. The van der Waals surface area contributed by atoms with Crippen LogP contribution in [0, 0.1) is 3.57 Å². The van der Waals surface area contributed by atoms with Crippen LogP contribution in [0.25, 0.3) is 0 Å². The highest BCUT2D eigenvalue weighted by atomic mass is 127. The van der Waals surface area contributed by atoms with Gasteiger partial charge in [-0.15, -0.1) is 0 Å². The first-order valence-electron chi connectivity index (χ1n) is 7.62. The summed E-state index contributed by atoms with van der Waals surface area (Å²) in [6.45, 7) is 1.95. The lowest BCUT2D eigenvalue weighted by Crippen LogP contribution is -2.14. The smallest absolute Gasteiger partial charge is 0.411 e. The van der Waals surface area contributed by atoms with Gasteiger partial charge in [0.2, 0.25) is 0 Å². The molecule has 0 aliphatic rings. The van der Waals surface area contributed by atoms with Crippen molar-refractivity contribution in [2.45, 2.75) is 26.4 Å². The van der Waals surface area contributed by atoms with E-state index in [1.165, 1.54) is 13.2 Å². The summed E-state index contributed by atoms with van der Waals surface area (Å²) in [7, 11) is 1.27. The van der Waals surface area contributed by atoms with Gasteiger partial charge in [-0.1, -0.05) is 19.1 Å². The Balaban J connectivity index is 2.26. The van der Waals surface area contributed by atoms with Gasteiger partial charge in [0.05, 0.1) is 18.4 Å². The molecule has 0 aromatic heterocycles. The molecule has 2 aromatic rings. The number of hydrogen-bond acceptors (Lipinski definition) is 3. The maximum Gasteiger partial charge on any atom is 0.411 e. The van der Waals surface area contributed by atoms with E-state index >= 15 is 0 Å². The Kier molecular flexibility index (Phi) is 6.98. The van der Waals surface area contributed by atoms with Crippen molar-refractivity contribution in [2.24, 2.45) is 0 Å². The average molecular weight is 461 g/mol. The normalized spacial score (nSPS) is 10.6. The molecule has 2 aromatic carbocycles. The van der Waals surface area contributed by atoms with Crippen molar-refractivity contribution in [2.75, 3.05) is 12.4 Å². The molecule has 0 spiro atoms. The Labute approximate surface area is 158 Å². The SMILES string of the molecule is CCc1ccc(OCc2c(I)cccc2NC(=O)OC)c(C(F)F)c1. The molecule has 7 heteroatoms. The molecule has 134 valence electrons. The maximum absolute atomic E-state index is 13.3. The van der Waals surface area contributed by atoms with Gasteiger partial charge in [-0.25, -0.2) is 13.6 Å². The van der Waals surface area contributed by atoms with Gasteiger partial charge < -0.3 is 9.47 Å². The third kappa shape index (κ3) is 5.04. The van der Waals surface area contributed by atoms with Crippen molar-refractivity contribution in [3.05, 3.63) is 56.7 Å². The van der Waals surface area contributed by atoms with Crippen molar-refractivity contribution in [3.63, 3.8) is 0 Å². The number of benzene rings is 2. The third-order valence-corrected chi connectivity index (χ3v) is 4.64. The number of methoxy groups -OCH3 is 1. The topological polar surface area (TPSA) is 47.6 Å². The van der Waals surface area contributed by atoms with Gasteiger partial charge in [0.1, 0.15) is 12.4 Å². The summed E-state index contributed by atoms with van der Waals surface area (Å²) in [6.07, 6.45) is -2.56. The zero-order valence-electron chi connectivity index (χ0n) is 13.8. The lowest BCUT2D eigenvalue weighted by Gasteiger charge is -2.16. The van der Waals surface area contributed by atoms with Crippen LogP contribution >= 0.6 is 22.6 Å². The molecule has 0 aliphatic heterocycles. The highest BCUT2D eigenvalue weighted by Gasteiger charge is 2.16. The predicted molar refractivity (Wildman–Crippen MR) is 100 cm³/mol. The first-order chi connectivity index (χ1) is 12.0. The van der Waals surface area contributed by atoms with Crippen molar-refractivity contribution < 1.29 is 23.0 Å². The highest BCUT2D eigenvalue weighted by molar-refractivity contribution is 14.1. The van der Waals surface area contributed by atoms with Gasteiger partial charge in [-0.3, -0.25) is 5.32 Å². The molecule has 4 nitrogen and oxygen atoms in total. The monoisotopic (exact) mass is 461 g/mol. The zero-order valence-corrected chi connectivity index (χ0v) is 16.0. The van der Waals surface area contributed by atoms with E-state index < -0.39 is 12.5 Å². The second-order valence-electron chi connectivity index (χ2n) is 5.20. The van der Waals surface area contributed by atoms with Crippen LogP contribution in [0.4, 0.5) is 19.3 Å². The van der Waals surface area contributed by atoms with Crippen LogP contribution in [0.5, 0.6) is 5.75 Å². The minimum atomic E-state index is -2.62. The fraction of sp³-hybridized carbons (Fsp3) is 0.278. The number of carbonyl (C=O) groups is 1. The van der Waals surface area contributed by atoms with E-state index in [1.54, 1.807) is 24.3 Å². The number of anilines is 1. The van der Waals surface area contributed by atoms with Crippen molar-refractivity contribution in [1.82, 2.24) is 0 Å². The fourth-order valence-electron chi connectivity index (χ4n) is 2.25. The number of halogens is 3. The van der Waals surface area contributed by atoms with Crippen LogP contribution in [0.1, 0.15) is 30.0 Å². The highest BCUT2D eigenvalue weighted by Crippen LogP contribution is 2.32. The summed E-state index contributed by atoms with van der Waals surface area (Å²) in [5.74, 6) is 0.135. The average Bonchev–Trinajstić information content (AvgIpc) is 2.60. The Bertz CT molecular complexity index is 753. The molecule has 1 amide bonds. The zero-order chi connectivity index (χ0) is 18.4. The van der Waals surface area contributed by atoms with Gasteiger partial charge in [-0.05, 0) is 58.8 Å². The second-order valence-corrected chi connectivity index (χ2v) is 6.36. The van der Waals surface area contributed by atoms with Crippen LogP contribution in [-0.2, 0) is 17.8 Å². The van der Waals surface area contributed by atoms with Crippen molar-refractivity contribution in [3.8, 4) is 5.75 Å². The minimum Gasteiger partial charge on any atom is -0.488 e. The summed E-state index contributed by atoms with van der Waals surface area (Å²) >= 11 is 2.10. The standard InChI is InChI=1S/C18H18F2INO3/c1-3-11-7-8-16(12(9-11)17(19)20)25-10-13-14(21)5-4-6-15(13)22-18(23)24-2/h4-9,17H,3,10H2,1-2H3,(H,22,23). The maximum atomic E-state index is 13.3. The van der Waals surface area contributed by atoms with E-state index in [9.17, 15) is 13.6 Å². The summed E-state index contributed by atoms with van der Waals surface area (Å²) in [6, 6.07) is 10.1. The summed E-state index contributed by atoms with van der Waals surface area (Å²) in [5, 5.41) is 2.60. The van der Waals surface area contributed by atoms with E-state index in [4.69, 9.17) is 4.74 Å². The minimum absolute atomic E-state index is 0.0453. The van der Waals surface area contributed by atoms with E-state index in [2.05, 4.69) is 32.6 Å². The molecule has 1 N–H and O–H groups in total. The number of alkyl halides is 2. The van der Waals surface area contributed by atoms with Gasteiger partial charge in [0.25, 0.3) is 6.43 Å². The van der Waals surface area contributed by atoms with Crippen LogP contribution in [0.2, 0.25) is 0 Å². The van der Waals surface area contributed by atoms with E-state index in [0.29, 0.717) is 17.7 Å². The third-order valence-electron chi connectivity index (χ3n) is 3.63. The van der Waals surface area contributed by atoms with Crippen LogP contribution < -0.4 is 10.1 Å². The van der Waals surface area contributed by atoms with Crippen molar-refractivity contribution in [1.29, 1.82) is 0 Å². The fourth-order valence-corrected chi connectivity index (χ4v) is 2.91. The molecule has 25 heavy (non-hydrogen) atoms. The second kappa shape index (κ2) is 8.98. The van der Waals surface area contributed by atoms with Crippen LogP contribution in [0.15, 0.2) is 36.4 Å². The summed E-state index contributed by atoms with van der Waals surface area (Å²) in [5.41, 5.74) is 1.90. The number of carbonyl (C=O) groups excluding carboxylic acids is 1. The molecule has 0 radical (unpaired) electrons. The lowest BCUT2D eigenvalue weighted by molar-refractivity contribution is 0.144. The molecule has 0 aliphatic carbocycles. The Morgan fingerprint density at radius 1 is 1.28 bits per heavy atom. The molecule has 0 saturated carbocycles. The van der Waals surface area contributed by atoms with E-state index in [0.717, 1.165) is 9.13 Å². The van der Waals surface area contributed by atoms with Gasteiger partial charge >= 0.3 is 6.09 Å². The first kappa shape index (κ1) is 19.4. The molecule has 2 rings (SSSR count). The van der Waals surface area contributed by atoms with E-state index in [1.807, 2.05) is 13.0 Å². The lowest BCUT2D eigenvalue weighted by atomic mass is 10.1. The number of hydrogen-bond donors (Lipinski definition) is 1. The summed E-state index contributed by atoms with van der Waals surface area (Å²) in [4.78, 5) is 11.5. The quantitative estimate of drug-likeness (QED) is 0.575. The largest absolute Gasteiger partial charge is 0.488 e.